The SMILES string of the molecule is CCNC(=NCCc1csc(-c2ccc(C)cc2)n1)NCCn1cnnc1CC.I. The normalized spacial score (nSPS) is 11.2. The Morgan fingerprint density at radius 1 is 1.17 bits per heavy atom. The predicted molar refractivity (Wildman–Crippen MR) is 135 cm³/mol. The largest absolute Gasteiger partial charge is 0.357 e. The molecule has 0 amide bonds. The average Bonchev–Trinajstić information content (AvgIpc) is 3.38. The van der Waals surface area contributed by atoms with E-state index in [1.807, 2.05) is 0 Å². The first-order chi connectivity index (χ1) is 14.2. The van der Waals surface area contributed by atoms with Crippen molar-refractivity contribution >= 4 is 41.3 Å². The molecule has 162 valence electrons. The van der Waals surface area contributed by atoms with Gasteiger partial charge >= 0.3 is 0 Å². The van der Waals surface area contributed by atoms with Crippen LogP contribution in [-0.2, 0) is 19.4 Å². The maximum Gasteiger partial charge on any atom is 0.191 e. The number of guanidine groups is 1. The number of aromatic nitrogens is 4. The van der Waals surface area contributed by atoms with Gasteiger partial charge in [-0.2, -0.15) is 0 Å². The monoisotopic (exact) mass is 539 g/mol. The summed E-state index contributed by atoms with van der Waals surface area (Å²) in [6, 6.07) is 8.50. The van der Waals surface area contributed by atoms with Crippen molar-refractivity contribution in [3.8, 4) is 10.6 Å². The molecule has 0 atom stereocenters. The summed E-state index contributed by atoms with van der Waals surface area (Å²) in [6.45, 7) is 9.35. The molecule has 0 aliphatic carbocycles. The number of aryl methyl sites for hydroxylation is 2. The maximum atomic E-state index is 4.76. The Balaban J connectivity index is 0.00000320. The molecule has 0 aliphatic heterocycles. The summed E-state index contributed by atoms with van der Waals surface area (Å²) in [5.74, 6) is 1.83. The van der Waals surface area contributed by atoms with Crippen LogP contribution in [0.4, 0.5) is 0 Å². The fourth-order valence-electron chi connectivity index (χ4n) is 2.91. The van der Waals surface area contributed by atoms with Gasteiger partial charge in [-0.3, -0.25) is 4.99 Å². The van der Waals surface area contributed by atoms with Crippen LogP contribution in [-0.4, -0.2) is 45.3 Å². The molecule has 2 heterocycles. The van der Waals surface area contributed by atoms with Crippen molar-refractivity contribution in [2.75, 3.05) is 19.6 Å². The van der Waals surface area contributed by atoms with Crippen LogP contribution in [0.2, 0.25) is 0 Å². The van der Waals surface area contributed by atoms with Crippen molar-refractivity contribution in [1.29, 1.82) is 0 Å². The molecule has 0 radical (unpaired) electrons. The number of aliphatic imine (C=N–C) groups is 1. The molecular formula is C21H30IN7S. The second kappa shape index (κ2) is 12.6. The first kappa shape index (κ1) is 24.3. The molecular weight excluding hydrogens is 509 g/mol. The molecule has 7 nitrogen and oxygen atoms in total. The minimum atomic E-state index is 0. The molecule has 30 heavy (non-hydrogen) atoms. The van der Waals surface area contributed by atoms with Crippen LogP contribution in [0.25, 0.3) is 10.6 Å². The van der Waals surface area contributed by atoms with E-state index < -0.39 is 0 Å². The smallest absolute Gasteiger partial charge is 0.191 e. The topological polar surface area (TPSA) is 80.0 Å². The van der Waals surface area contributed by atoms with Gasteiger partial charge in [0.1, 0.15) is 17.2 Å². The summed E-state index contributed by atoms with van der Waals surface area (Å²) in [7, 11) is 0. The number of hydrogen-bond donors (Lipinski definition) is 2. The van der Waals surface area contributed by atoms with Crippen molar-refractivity contribution < 1.29 is 0 Å². The van der Waals surface area contributed by atoms with Crippen LogP contribution in [0.15, 0.2) is 41.0 Å². The van der Waals surface area contributed by atoms with E-state index in [0.717, 1.165) is 55.0 Å². The summed E-state index contributed by atoms with van der Waals surface area (Å²) in [4.78, 5) is 9.44. The first-order valence-electron chi connectivity index (χ1n) is 10.1. The lowest BCUT2D eigenvalue weighted by Gasteiger charge is -2.12. The van der Waals surface area contributed by atoms with Crippen molar-refractivity contribution in [1.82, 2.24) is 30.4 Å². The van der Waals surface area contributed by atoms with E-state index in [9.17, 15) is 0 Å². The van der Waals surface area contributed by atoms with Crippen LogP contribution in [0.1, 0.15) is 30.9 Å². The predicted octanol–water partition coefficient (Wildman–Crippen LogP) is 3.69. The van der Waals surface area contributed by atoms with E-state index in [-0.39, 0.29) is 24.0 Å². The highest BCUT2D eigenvalue weighted by atomic mass is 127. The van der Waals surface area contributed by atoms with E-state index in [0.29, 0.717) is 6.54 Å². The van der Waals surface area contributed by atoms with Gasteiger partial charge in [-0.15, -0.1) is 45.5 Å². The molecule has 0 unspecified atom stereocenters. The zero-order valence-corrected chi connectivity index (χ0v) is 20.9. The van der Waals surface area contributed by atoms with Gasteiger partial charge < -0.3 is 15.2 Å². The third-order valence-electron chi connectivity index (χ3n) is 4.49. The van der Waals surface area contributed by atoms with E-state index >= 15 is 0 Å². The molecule has 2 N–H and O–H groups in total. The minimum Gasteiger partial charge on any atom is -0.357 e. The van der Waals surface area contributed by atoms with Crippen molar-refractivity contribution in [3.05, 3.63) is 53.1 Å². The second-order valence-electron chi connectivity index (χ2n) is 6.74. The Labute approximate surface area is 199 Å². The molecule has 0 saturated carbocycles. The number of benzene rings is 1. The highest BCUT2D eigenvalue weighted by molar-refractivity contribution is 14.0. The van der Waals surface area contributed by atoms with Crippen LogP contribution >= 0.6 is 35.3 Å². The molecule has 0 saturated heterocycles. The number of thiazole rings is 1. The number of nitrogens with one attached hydrogen (secondary N) is 2. The second-order valence-corrected chi connectivity index (χ2v) is 7.60. The molecule has 3 aromatic rings. The molecule has 0 fully saturated rings. The lowest BCUT2D eigenvalue weighted by atomic mass is 10.2. The molecule has 0 bridgehead atoms. The number of rotatable bonds is 9. The van der Waals surface area contributed by atoms with Gasteiger partial charge in [0.25, 0.3) is 0 Å². The molecule has 0 spiro atoms. The number of nitrogens with zero attached hydrogens (tertiary/aromatic N) is 5. The van der Waals surface area contributed by atoms with Gasteiger partial charge in [0.15, 0.2) is 5.96 Å². The van der Waals surface area contributed by atoms with Gasteiger partial charge in [0, 0.05) is 50.0 Å². The lowest BCUT2D eigenvalue weighted by Crippen LogP contribution is -2.39. The fourth-order valence-corrected chi connectivity index (χ4v) is 3.77. The number of hydrogen-bond acceptors (Lipinski definition) is 5. The van der Waals surface area contributed by atoms with Crippen molar-refractivity contribution in [2.45, 2.75) is 40.2 Å². The van der Waals surface area contributed by atoms with Crippen LogP contribution in [0.5, 0.6) is 0 Å². The Morgan fingerprint density at radius 3 is 2.70 bits per heavy atom. The zero-order chi connectivity index (χ0) is 20.5. The summed E-state index contributed by atoms with van der Waals surface area (Å²) in [5, 5.41) is 17.9. The molecule has 0 aliphatic rings. The van der Waals surface area contributed by atoms with Crippen LogP contribution in [0, 0.1) is 6.92 Å². The van der Waals surface area contributed by atoms with Gasteiger partial charge in [0.2, 0.25) is 0 Å². The minimum absolute atomic E-state index is 0. The van der Waals surface area contributed by atoms with Gasteiger partial charge in [0.05, 0.1) is 5.69 Å². The van der Waals surface area contributed by atoms with Gasteiger partial charge in [-0.05, 0) is 13.8 Å². The Kier molecular flexibility index (Phi) is 10.2. The van der Waals surface area contributed by atoms with Crippen LogP contribution in [0.3, 0.4) is 0 Å². The van der Waals surface area contributed by atoms with Gasteiger partial charge in [-0.1, -0.05) is 36.8 Å². The lowest BCUT2D eigenvalue weighted by molar-refractivity contribution is 0.632. The van der Waals surface area contributed by atoms with Crippen LogP contribution < -0.4 is 10.6 Å². The molecule has 3 rings (SSSR count). The molecule has 1 aromatic carbocycles. The summed E-state index contributed by atoms with van der Waals surface area (Å²) < 4.78 is 2.07. The molecule has 9 heteroatoms. The Bertz CT molecular complexity index is 918. The highest BCUT2D eigenvalue weighted by Gasteiger charge is 2.05. The highest BCUT2D eigenvalue weighted by Crippen LogP contribution is 2.24. The standard InChI is InChI=1S/C21H29N7S.HI/c1-4-19-27-25-15-28(19)13-12-24-21(22-5-2)23-11-10-18-14-29-20(26-18)17-8-6-16(3)7-9-17;/h6-9,14-15H,4-5,10-13H2,1-3H3,(H2,22,23,24);1H. The fraction of sp³-hybridized carbons (Fsp3) is 0.429. The Morgan fingerprint density at radius 2 is 1.97 bits per heavy atom. The third-order valence-corrected chi connectivity index (χ3v) is 5.43. The summed E-state index contributed by atoms with van der Waals surface area (Å²) in [5.41, 5.74) is 3.52. The van der Waals surface area contributed by atoms with E-state index in [4.69, 9.17) is 4.98 Å². The number of halogens is 1. The Hall–Kier alpha value is -2.01. The van der Waals surface area contributed by atoms with E-state index in [1.54, 1.807) is 17.7 Å². The average molecular weight is 539 g/mol. The quantitative estimate of drug-likeness (QED) is 0.247. The summed E-state index contributed by atoms with van der Waals surface area (Å²) in [6.07, 6.45) is 3.48. The zero-order valence-electron chi connectivity index (χ0n) is 17.8. The van der Waals surface area contributed by atoms with Crippen molar-refractivity contribution in [2.24, 2.45) is 4.99 Å². The van der Waals surface area contributed by atoms with E-state index in [2.05, 4.69) is 80.8 Å². The van der Waals surface area contributed by atoms with Gasteiger partial charge in [-0.25, -0.2) is 4.98 Å². The van der Waals surface area contributed by atoms with Crippen molar-refractivity contribution in [3.63, 3.8) is 0 Å². The molecule has 2 aromatic heterocycles. The summed E-state index contributed by atoms with van der Waals surface area (Å²) >= 11 is 1.69. The maximum absolute atomic E-state index is 4.76. The third kappa shape index (κ3) is 7.05. The first-order valence-corrected chi connectivity index (χ1v) is 11.0. The van der Waals surface area contributed by atoms with E-state index in [1.165, 1.54) is 11.1 Å².